The fourth-order valence-electron chi connectivity index (χ4n) is 4.43. The van der Waals surface area contributed by atoms with E-state index in [1.807, 2.05) is 42.5 Å². The quantitative estimate of drug-likeness (QED) is 0.389. The number of nitrogens with one attached hydrogen (secondary N) is 1. The molecule has 7 heteroatoms. The van der Waals surface area contributed by atoms with Gasteiger partial charge >= 0.3 is 5.97 Å². The molecule has 1 heterocycles. The van der Waals surface area contributed by atoms with E-state index in [-0.39, 0.29) is 18.5 Å². The lowest BCUT2D eigenvalue weighted by molar-refractivity contribution is -0.157. The van der Waals surface area contributed by atoms with Crippen LogP contribution < -0.4 is 5.32 Å². The number of halogens is 1. The first-order valence-electron chi connectivity index (χ1n) is 12.7. The van der Waals surface area contributed by atoms with Crippen molar-refractivity contribution in [2.24, 2.45) is 10.8 Å². The summed E-state index contributed by atoms with van der Waals surface area (Å²) in [4.78, 5) is 16.3. The highest BCUT2D eigenvalue weighted by molar-refractivity contribution is 5.75. The fourth-order valence-corrected chi connectivity index (χ4v) is 4.43. The van der Waals surface area contributed by atoms with Crippen molar-refractivity contribution in [1.29, 1.82) is 0 Å². The zero-order chi connectivity index (χ0) is 25.9. The summed E-state index contributed by atoms with van der Waals surface area (Å²) in [6, 6.07) is 13.6. The van der Waals surface area contributed by atoms with Gasteiger partial charge in [-0.05, 0) is 57.4 Å². The van der Waals surface area contributed by atoms with Gasteiger partial charge in [-0.15, -0.1) is 5.10 Å². The van der Waals surface area contributed by atoms with Crippen molar-refractivity contribution >= 4 is 5.97 Å². The number of rotatable bonds is 7. The van der Waals surface area contributed by atoms with Gasteiger partial charge < -0.3 is 10.1 Å². The van der Waals surface area contributed by atoms with E-state index in [2.05, 4.69) is 29.2 Å². The Kier molecular flexibility index (Phi) is 7.59. The Morgan fingerprint density at radius 1 is 1.11 bits per heavy atom. The number of esters is 1. The van der Waals surface area contributed by atoms with Crippen molar-refractivity contribution in [2.45, 2.75) is 79.6 Å². The third-order valence-corrected chi connectivity index (χ3v) is 6.93. The van der Waals surface area contributed by atoms with Gasteiger partial charge in [-0.25, -0.2) is 14.1 Å². The largest absolute Gasteiger partial charge is 0.442 e. The molecule has 2 aromatic carbocycles. The molecule has 0 aliphatic heterocycles. The first-order chi connectivity index (χ1) is 17.0. The van der Waals surface area contributed by atoms with Crippen LogP contribution in [-0.2, 0) is 22.8 Å². The Balaban J connectivity index is 1.40. The maximum Gasteiger partial charge on any atom is 0.313 e. The van der Waals surface area contributed by atoms with E-state index in [1.165, 1.54) is 23.9 Å². The van der Waals surface area contributed by atoms with Gasteiger partial charge in [-0.1, -0.05) is 56.3 Å². The highest BCUT2D eigenvalue weighted by Crippen LogP contribution is 2.35. The predicted octanol–water partition coefficient (Wildman–Crippen LogP) is 6.36. The van der Waals surface area contributed by atoms with Crippen LogP contribution in [0, 0.1) is 16.6 Å². The number of carbonyl (C=O) groups excluding carboxylic acids is 1. The van der Waals surface area contributed by atoms with Crippen LogP contribution in [0.4, 0.5) is 4.39 Å². The molecule has 36 heavy (non-hydrogen) atoms. The maximum atomic E-state index is 15.4. The Bertz CT molecular complexity index is 1180. The Morgan fingerprint density at radius 2 is 1.78 bits per heavy atom. The summed E-state index contributed by atoms with van der Waals surface area (Å²) in [6.07, 6.45) is 6.21. The predicted molar refractivity (Wildman–Crippen MR) is 139 cm³/mol. The molecule has 0 unspecified atom stereocenters. The first kappa shape index (κ1) is 26.0. The summed E-state index contributed by atoms with van der Waals surface area (Å²) >= 11 is 0. The van der Waals surface area contributed by atoms with Crippen molar-refractivity contribution in [3.63, 3.8) is 0 Å². The highest BCUT2D eigenvalue weighted by Gasteiger charge is 2.26. The van der Waals surface area contributed by atoms with Crippen molar-refractivity contribution in [3.8, 4) is 22.5 Å². The normalized spacial score (nSPS) is 16.2. The Labute approximate surface area is 213 Å². The van der Waals surface area contributed by atoms with E-state index in [1.54, 1.807) is 20.8 Å². The van der Waals surface area contributed by atoms with E-state index in [0.717, 1.165) is 24.0 Å². The summed E-state index contributed by atoms with van der Waals surface area (Å²) in [7, 11) is 0. The lowest BCUT2D eigenvalue weighted by Gasteiger charge is -2.34. The molecule has 0 atom stereocenters. The van der Waals surface area contributed by atoms with Crippen LogP contribution in [0.3, 0.4) is 0 Å². The monoisotopic (exact) mass is 492 g/mol. The minimum Gasteiger partial charge on any atom is -0.442 e. The average Bonchev–Trinajstić information content (AvgIpc) is 3.31. The standard InChI is InChI=1S/C29H37FN4O2/c1-28(2,3)27(35)36-19-34-18-32-26(33-34)21-11-9-20(10-12-21)24-8-6-7-22(25(24)30)17-31-23-13-15-29(4,5)16-14-23/h6-12,18,23,31H,13-17,19H2,1-5H3. The third-order valence-electron chi connectivity index (χ3n) is 6.93. The molecule has 1 aliphatic carbocycles. The van der Waals surface area contributed by atoms with Crippen molar-refractivity contribution in [2.75, 3.05) is 0 Å². The number of aromatic nitrogens is 3. The molecule has 6 nitrogen and oxygen atoms in total. The lowest BCUT2D eigenvalue weighted by Crippen LogP contribution is -2.35. The van der Waals surface area contributed by atoms with Gasteiger partial charge in [0.05, 0.1) is 5.41 Å². The summed E-state index contributed by atoms with van der Waals surface area (Å²) in [5.74, 6) is 0.0328. The highest BCUT2D eigenvalue weighted by atomic mass is 19.1. The van der Waals surface area contributed by atoms with Crippen molar-refractivity contribution in [1.82, 2.24) is 20.1 Å². The molecule has 0 radical (unpaired) electrons. The number of hydrogen-bond donors (Lipinski definition) is 1. The third kappa shape index (κ3) is 6.38. The molecule has 0 spiro atoms. The molecule has 0 amide bonds. The molecular weight excluding hydrogens is 455 g/mol. The molecule has 1 fully saturated rings. The molecule has 1 aromatic heterocycles. The van der Waals surface area contributed by atoms with Crippen LogP contribution >= 0.6 is 0 Å². The summed E-state index contributed by atoms with van der Waals surface area (Å²) in [5.41, 5.74) is 2.72. The van der Waals surface area contributed by atoms with Gasteiger partial charge in [0, 0.05) is 29.3 Å². The molecule has 1 N–H and O–H groups in total. The minimum atomic E-state index is -0.574. The molecule has 1 saturated carbocycles. The molecule has 3 aromatic rings. The van der Waals surface area contributed by atoms with Gasteiger partial charge in [0.2, 0.25) is 0 Å². The molecule has 0 bridgehead atoms. The van der Waals surface area contributed by atoms with Gasteiger partial charge in [0.15, 0.2) is 12.6 Å². The Morgan fingerprint density at radius 3 is 2.44 bits per heavy atom. The van der Waals surface area contributed by atoms with Gasteiger partial charge in [0.25, 0.3) is 0 Å². The second kappa shape index (κ2) is 10.5. The second-order valence-electron chi connectivity index (χ2n) is 11.6. The summed E-state index contributed by atoms with van der Waals surface area (Å²) in [5, 5.41) is 7.96. The fraction of sp³-hybridized carbons (Fsp3) is 0.483. The SMILES string of the molecule is CC1(C)CCC(NCc2cccc(-c3ccc(-c4ncn(COC(=O)C(C)(C)C)n4)cc3)c2F)CC1. The smallest absolute Gasteiger partial charge is 0.313 e. The van der Waals surface area contributed by atoms with Gasteiger partial charge in [-0.2, -0.15) is 0 Å². The van der Waals surface area contributed by atoms with Gasteiger partial charge in [-0.3, -0.25) is 4.79 Å². The number of ether oxygens (including phenoxy) is 1. The van der Waals surface area contributed by atoms with Crippen LogP contribution in [0.2, 0.25) is 0 Å². The number of hydrogen-bond acceptors (Lipinski definition) is 5. The number of benzene rings is 2. The Hall–Kier alpha value is -3.06. The van der Waals surface area contributed by atoms with Crippen molar-refractivity contribution < 1.29 is 13.9 Å². The first-order valence-corrected chi connectivity index (χ1v) is 12.7. The van der Waals surface area contributed by atoms with E-state index in [4.69, 9.17) is 4.74 Å². The minimum absolute atomic E-state index is 0.00580. The van der Waals surface area contributed by atoms with Crippen LogP contribution in [0.15, 0.2) is 48.8 Å². The molecule has 192 valence electrons. The molecular formula is C29H37FN4O2. The topological polar surface area (TPSA) is 69.0 Å². The number of carbonyl (C=O) groups is 1. The zero-order valence-electron chi connectivity index (χ0n) is 22.0. The number of nitrogens with zero attached hydrogens (tertiary/aromatic N) is 3. The average molecular weight is 493 g/mol. The van der Waals surface area contributed by atoms with Crippen LogP contribution in [0.5, 0.6) is 0 Å². The second-order valence-corrected chi connectivity index (χ2v) is 11.6. The van der Waals surface area contributed by atoms with E-state index < -0.39 is 5.41 Å². The van der Waals surface area contributed by atoms with E-state index >= 15 is 4.39 Å². The van der Waals surface area contributed by atoms with Crippen molar-refractivity contribution in [3.05, 3.63) is 60.2 Å². The molecule has 1 aliphatic rings. The molecule has 4 rings (SSSR count). The van der Waals surface area contributed by atoms with E-state index in [9.17, 15) is 4.79 Å². The molecule has 0 saturated heterocycles. The lowest BCUT2D eigenvalue weighted by atomic mass is 9.75. The summed E-state index contributed by atoms with van der Waals surface area (Å²) < 4.78 is 22.2. The maximum absolute atomic E-state index is 15.4. The zero-order valence-corrected chi connectivity index (χ0v) is 22.0. The van der Waals surface area contributed by atoms with Gasteiger partial charge in [0.1, 0.15) is 12.1 Å². The van der Waals surface area contributed by atoms with Crippen LogP contribution in [0.25, 0.3) is 22.5 Å². The summed E-state index contributed by atoms with van der Waals surface area (Å²) in [6.45, 7) is 10.6. The van der Waals surface area contributed by atoms with E-state index in [0.29, 0.717) is 35.0 Å². The van der Waals surface area contributed by atoms with Crippen LogP contribution in [0.1, 0.15) is 65.9 Å². The van der Waals surface area contributed by atoms with Crippen LogP contribution in [-0.4, -0.2) is 26.8 Å².